The number of ketones is 1. The topological polar surface area (TPSA) is 29.1 Å². The summed E-state index contributed by atoms with van der Waals surface area (Å²) in [5.74, 6) is 0.365. The van der Waals surface area contributed by atoms with E-state index >= 15 is 0 Å². The van der Waals surface area contributed by atoms with Crippen LogP contribution in [0.5, 0.6) is 0 Å². The SMILES string of the molecule is C[C@H]1C(=O)C[C@@H](c2ccccc2)N[C@H]1c1ccccc1. The van der Waals surface area contributed by atoms with Crippen LogP contribution in [0.15, 0.2) is 60.7 Å². The molecule has 1 aliphatic heterocycles. The Morgan fingerprint density at radius 1 is 0.900 bits per heavy atom. The molecule has 0 unspecified atom stereocenters. The molecule has 1 heterocycles. The van der Waals surface area contributed by atoms with Crippen molar-refractivity contribution in [2.45, 2.75) is 25.4 Å². The van der Waals surface area contributed by atoms with E-state index in [0.717, 1.165) is 0 Å². The van der Waals surface area contributed by atoms with Crippen LogP contribution in [0, 0.1) is 5.92 Å². The number of piperidine rings is 1. The molecule has 20 heavy (non-hydrogen) atoms. The Labute approximate surface area is 119 Å². The van der Waals surface area contributed by atoms with Crippen LogP contribution in [0.3, 0.4) is 0 Å². The van der Waals surface area contributed by atoms with Gasteiger partial charge >= 0.3 is 0 Å². The van der Waals surface area contributed by atoms with E-state index in [4.69, 9.17) is 0 Å². The Bertz CT molecular complexity index is 579. The minimum Gasteiger partial charge on any atom is -0.302 e. The standard InChI is InChI=1S/C18H19NO/c1-13-17(20)12-16(14-8-4-2-5-9-14)19-18(13)15-10-6-3-7-11-15/h2-11,13,16,18-19H,12H2,1H3/t13-,16-,18+/m0/s1. The van der Waals surface area contributed by atoms with Gasteiger partial charge in [-0.1, -0.05) is 67.6 Å². The van der Waals surface area contributed by atoms with E-state index in [0.29, 0.717) is 12.2 Å². The van der Waals surface area contributed by atoms with Crippen LogP contribution in [0.1, 0.15) is 36.6 Å². The molecule has 1 N–H and O–H groups in total. The second-order valence-corrected chi connectivity index (χ2v) is 5.48. The van der Waals surface area contributed by atoms with E-state index in [9.17, 15) is 4.79 Å². The first-order valence-corrected chi connectivity index (χ1v) is 7.14. The second kappa shape index (κ2) is 5.59. The van der Waals surface area contributed by atoms with Gasteiger partial charge in [-0.2, -0.15) is 0 Å². The van der Waals surface area contributed by atoms with Crippen molar-refractivity contribution < 1.29 is 4.79 Å². The lowest BCUT2D eigenvalue weighted by atomic mass is 9.82. The largest absolute Gasteiger partial charge is 0.302 e. The Morgan fingerprint density at radius 3 is 2.05 bits per heavy atom. The van der Waals surface area contributed by atoms with Gasteiger partial charge < -0.3 is 5.32 Å². The third-order valence-corrected chi connectivity index (χ3v) is 4.15. The van der Waals surface area contributed by atoms with Gasteiger partial charge in [0.1, 0.15) is 5.78 Å². The van der Waals surface area contributed by atoms with Crippen LogP contribution in [-0.4, -0.2) is 5.78 Å². The maximum absolute atomic E-state index is 12.3. The van der Waals surface area contributed by atoms with Gasteiger partial charge in [0, 0.05) is 24.4 Å². The minimum absolute atomic E-state index is 0.0253. The average Bonchev–Trinajstić information content (AvgIpc) is 2.51. The summed E-state index contributed by atoms with van der Waals surface area (Å²) in [6.07, 6.45) is 0.578. The van der Waals surface area contributed by atoms with Crippen molar-refractivity contribution in [2.24, 2.45) is 5.92 Å². The van der Waals surface area contributed by atoms with Gasteiger partial charge in [-0.05, 0) is 11.1 Å². The molecule has 0 saturated carbocycles. The predicted octanol–water partition coefficient (Wildman–Crippen LogP) is 3.67. The van der Waals surface area contributed by atoms with Gasteiger partial charge in [0.15, 0.2) is 0 Å². The molecular weight excluding hydrogens is 246 g/mol. The Balaban J connectivity index is 1.89. The van der Waals surface area contributed by atoms with E-state index in [1.54, 1.807) is 0 Å². The highest BCUT2D eigenvalue weighted by molar-refractivity contribution is 5.83. The third-order valence-electron chi connectivity index (χ3n) is 4.15. The summed E-state index contributed by atoms with van der Waals surface area (Å²) in [5, 5.41) is 3.65. The van der Waals surface area contributed by atoms with E-state index in [1.165, 1.54) is 11.1 Å². The first kappa shape index (κ1) is 13.1. The zero-order chi connectivity index (χ0) is 13.9. The van der Waals surface area contributed by atoms with Crippen molar-refractivity contribution in [3.8, 4) is 0 Å². The van der Waals surface area contributed by atoms with Crippen molar-refractivity contribution >= 4 is 5.78 Å². The molecule has 1 aliphatic rings. The van der Waals surface area contributed by atoms with Crippen LogP contribution in [0.4, 0.5) is 0 Å². The van der Waals surface area contributed by atoms with Gasteiger partial charge in [-0.3, -0.25) is 4.79 Å². The van der Waals surface area contributed by atoms with Gasteiger partial charge in [0.25, 0.3) is 0 Å². The molecular formula is C18H19NO. The number of rotatable bonds is 2. The highest BCUT2D eigenvalue weighted by Crippen LogP contribution is 2.34. The third kappa shape index (κ3) is 2.52. The number of hydrogen-bond acceptors (Lipinski definition) is 2. The first-order valence-electron chi connectivity index (χ1n) is 7.14. The van der Waals surface area contributed by atoms with Gasteiger partial charge in [-0.15, -0.1) is 0 Å². The zero-order valence-electron chi connectivity index (χ0n) is 11.6. The van der Waals surface area contributed by atoms with E-state index < -0.39 is 0 Å². The lowest BCUT2D eigenvalue weighted by molar-refractivity contribution is -0.126. The van der Waals surface area contributed by atoms with Crippen LogP contribution in [0.25, 0.3) is 0 Å². The van der Waals surface area contributed by atoms with Crippen LogP contribution in [0.2, 0.25) is 0 Å². The summed E-state index contributed by atoms with van der Waals surface area (Å²) in [5.41, 5.74) is 2.38. The van der Waals surface area contributed by atoms with Crippen LogP contribution in [-0.2, 0) is 4.79 Å². The van der Waals surface area contributed by atoms with Crippen molar-refractivity contribution in [1.29, 1.82) is 0 Å². The minimum atomic E-state index is 0.0253. The molecule has 3 rings (SSSR count). The molecule has 0 amide bonds. The van der Waals surface area contributed by atoms with Gasteiger partial charge in [0.05, 0.1) is 0 Å². The molecule has 1 saturated heterocycles. The fraction of sp³-hybridized carbons (Fsp3) is 0.278. The van der Waals surface area contributed by atoms with E-state index in [1.807, 2.05) is 43.3 Å². The molecule has 2 aromatic rings. The molecule has 0 aliphatic carbocycles. The lowest BCUT2D eigenvalue weighted by Crippen LogP contribution is -2.41. The number of hydrogen-bond donors (Lipinski definition) is 1. The summed E-state index contributed by atoms with van der Waals surface area (Å²) in [6, 6.07) is 20.7. The van der Waals surface area contributed by atoms with Crippen molar-refractivity contribution in [1.82, 2.24) is 5.32 Å². The highest BCUT2D eigenvalue weighted by atomic mass is 16.1. The molecule has 102 valence electrons. The summed E-state index contributed by atoms with van der Waals surface area (Å²) < 4.78 is 0. The second-order valence-electron chi connectivity index (χ2n) is 5.48. The average molecular weight is 265 g/mol. The van der Waals surface area contributed by atoms with Crippen LogP contribution >= 0.6 is 0 Å². The quantitative estimate of drug-likeness (QED) is 0.897. The molecule has 0 bridgehead atoms. The Kier molecular flexibility index (Phi) is 3.66. The summed E-state index contributed by atoms with van der Waals surface area (Å²) in [4.78, 5) is 12.3. The number of nitrogens with one attached hydrogen (secondary N) is 1. The van der Waals surface area contributed by atoms with E-state index in [2.05, 4.69) is 29.6 Å². The molecule has 2 heteroatoms. The van der Waals surface area contributed by atoms with Crippen LogP contribution < -0.4 is 5.32 Å². The summed E-state index contributed by atoms with van der Waals surface area (Å²) in [6.45, 7) is 2.02. The number of carbonyl (C=O) groups is 1. The number of benzene rings is 2. The fourth-order valence-electron chi connectivity index (χ4n) is 2.94. The zero-order valence-corrected chi connectivity index (χ0v) is 11.6. The lowest BCUT2D eigenvalue weighted by Gasteiger charge is -2.35. The molecule has 2 aromatic carbocycles. The molecule has 1 fully saturated rings. The Hall–Kier alpha value is -1.93. The maximum atomic E-state index is 12.3. The van der Waals surface area contributed by atoms with Crippen molar-refractivity contribution in [2.75, 3.05) is 0 Å². The predicted molar refractivity (Wildman–Crippen MR) is 80.3 cm³/mol. The molecule has 0 spiro atoms. The summed E-state index contributed by atoms with van der Waals surface area (Å²) >= 11 is 0. The monoisotopic (exact) mass is 265 g/mol. The highest BCUT2D eigenvalue weighted by Gasteiger charge is 2.34. The molecule has 2 nitrogen and oxygen atoms in total. The van der Waals surface area contributed by atoms with E-state index in [-0.39, 0.29) is 18.0 Å². The van der Waals surface area contributed by atoms with Crippen molar-refractivity contribution in [3.63, 3.8) is 0 Å². The first-order chi connectivity index (χ1) is 9.75. The molecule has 0 aromatic heterocycles. The summed E-state index contributed by atoms with van der Waals surface area (Å²) in [7, 11) is 0. The number of Topliss-reactive ketones (excluding diaryl/α,β-unsaturated/α-hetero) is 1. The van der Waals surface area contributed by atoms with Gasteiger partial charge in [-0.25, -0.2) is 0 Å². The smallest absolute Gasteiger partial charge is 0.139 e. The number of carbonyl (C=O) groups excluding carboxylic acids is 1. The maximum Gasteiger partial charge on any atom is 0.139 e. The van der Waals surface area contributed by atoms with Crippen molar-refractivity contribution in [3.05, 3.63) is 71.8 Å². The Morgan fingerprint density at radius 2 is 1.45 bits per heavy atom. The molecule has 0 radical (unpaired) electrons. The normalized spacial score (nSPS) is 26.4. The molecule has 3 atom stereocenters. The van der Waals surface area contributed by atoms with Gasteiger partial charge in [0.2, 0.25) is 0 Å². The fourth-order valence-corrected chi connectivity index (χ4v) is 2.94.